The number of hydrogen-bond donors (Lipinski definition) is 1. The molecule has 1 unspecified atom stereocenters. The lowest BCUT2D eigenvalue weighted by Gasteiger charge is -2.24. The van der Waals surface area contributed by atoms with Gasteiger partial charge in [-0.25, -0.2) is 4.98 Å². The van der Waals surface area contributed by atoms with Gasteiger partial charge in [0.25, 0.3) is 0 Å². The lowest BCUT2D eigenvalue weighted by molar-refractivity contribution is 0.264. The Balaban J connectivity index is 1.89. The van der Waals surface area contributed by atoms with E-state index in [9.17, 15) is 0 Å². The molecule has 0 radical (unpaired) electrons. The molecule has 1 heterocycles. The van der Waals surface area contributed by atoms with Crippen molar-refractivity contribution in [2.24, 2.45) is 0 Å². The van der Waals surface area contributed by atoms with E-state index in [4.69, 9.17) is 9.47 Å². The van der Waals surface area contributed by atoms with Crippen LogP contribution in [0.15, 0.2) is 36.9 Å². The van der Waals surface area contributed by atoms with Gasteiger partial charge in [-0.1, -0.05) is 19.4 Å². The first-order valence-corrected chi connectivity index (χ1v) is 9.85. The van der Waals surface area contributed by atoms with Gasteiger partial charge in [-0.2, -0.15) is 0 Å². The molecule has 0 aliphatic heterocycles. The van der Waals surface area contributed by atoms with E-state index in [-0.39, 0.29) is 0 Å². The molecule has 0 bridgehead atoms. The molecule has 0 saturated heterocycles. The van der Waals surface area contributed by atoms with Crippen LogP contribution in [0.1, 0.15) is 32.3 Å². The Morgan fingerprint density at radius 1 is 1.19 bits per heavy atom. The van der Waals surface area contributed by atoms with Crippen molar-refractivity contribution in [3.05, 3.63) is 42.5 Å². The van der Waals surface area contributed by atoms with E-state index in [2.05, 4.69) is 48.4 Å². The number of nitrogens with zero attached hydrogens (tertiary/aromatic N) is 3. The first-order chi connectivity index (χ1) is 13.1. The second-order valence-electron chi connectivity index (χ2n) is 6.90. The van der Waals surface area contributed by atoms with Crippen LogP contribution < -0.4 is 14.8 Å². The Labute approximate surface area is 163 Å². The summed E-state index contributed by atoms with van der Waals surface area (Å²) in [7, 11) is 4.29. The maximum atomic E-state index is 5.92. The third kappa shape index (κ3) is 7.23. The van der Waals surface area contributed by atoms with Crippen LogP contribution in [-0.2, 0) is 13.1 Å². The van der Waals surface area contributed by atoms with E-state index in [1.54, 1.807) is 12.5 Å². The van der Waals surface area contributed by atoms with Gasteiger partial charge in [0, 0.05) is 31.5 Å². The number of nitrogens with one attached hydrogen (secondary N) is 1. The molecule has 0 aliphatic carbocycles. The Kier molecular flexibility index (Phi) is 9.15. The van der Waals surface area contributed by atoms with Crippen molar-refractivity contribution in [1.82, 2.24) is 19.8 Å². The molecule has 0 amide bonds. The van der Waals surface area contributed by atoms with Crippen LogP contribution in [-0.4, -0.2) is 54.3 Å². The van der Waals surface area contributed by atoms with Crippen LogP contribution in [0.2, 0.25) is 0 Å². The largest absolute Gasteiger partial charge is 0.490 e. The molecule has 0 aliphatic rings. The molecule has 2 rings (SSSR count). The fourth-order valence-corrected chi connectivity index (χ4v) is 2.99. The third-order valence-electron chi connectivity index (χ3n) is 4.54. The summed E-state index contributed by atoms with van der Waals surface area (Å²) in [5, 5.41) is 3.57. The summed E-state index contributed by atoms with van der Waals surface area (Å²) in [4.78, 5) is 6.33. The molecule has 150 valence electrons. The predicted molar refractivity (Wildman–Crippen MR) is 109 cm³/mol. The predicted octanol–water partition coefficient (Wildman–Crippen LogP) is 3.18. The second-order valence-corrected chi connectivity index (χ2v) is 6.90. The van der Waals surface area contributed by atoms with Crippen molar-refractivity contribution >= 4 is 0 Å². The molecule has 0 fully saturated rings. The Hall–Kier alpha value is -2.05. The van der Waals surface area contributed by atoms with Crippen molar-refractivity contribution in [2.75, 3.05) is 33.9 Å². The van der Waals surface area contributed by atoms with E-state index in [0.717, 1.165) is 31.1 Å². The van der Waals surface area contributed by atoms with Crippen LogP contribution in [0.5, 0.6) is 11.5 Å². The Morgan fingerprint density at radius 2 is 2.04 bits per heavy atom. The third-order valence-corrected chi connectivity index (χ3v) is 4.54. The molecule has 0 saturated carbocycles. The van der Waals surface area contributed by atoms with Gasteiger partial charge in [0.05, 0.1) is 19.5 Å². The summed E-state index contributed by atoms with van der Waals surface area (Å²) in [6.07, 6.45) is 7.90. The number of ether oxygens (including phenoxy) is 2. The molecule has 1 aromatic heterocycles. The minimum Gasteiger partial charge on any atom is -0.490 e. The Morgan fingerprint density at radius 3 is 2.70 bits per heavy atom. The standard InChI is InChI=1S/C21H34N4O2/c1-5-7-19(24(3)4)16-23-15-18-8-9-20(21(14-18)26-6-2)27-13-12-25-11-10-22-17-25/h8-11,14,17,19,23H,5-7,12-13,15-16H2,1-4H3. The van der Waals surface area contributed by atoms with Crippen LogP contribution in [0.4, 0.5) is 0 Å². The Bertz CT molecular complexity index is 644. The summed E-state index contributed by atoms with van der Waals surface area (Å²) in [5.74, 6) is 1.60. The highest BCUT2D eigenvalue weighted by atomic mass is 16.5. The van der Waals surface area contributed by atoms with Gasteiger partial charge in [0.2, 0.25) is 0 Å². The van der Waals surface area contributed by atoms with Gasteiger partial charge in [-0.15, -0.1) is 0 Å². The lowest BCUT2D eigenvalue weighted by Crippen LogP contribution is -2.37. The van der Waals surface area contributed by atoms with E-state index in [1.165, 1.54) is 18.4 Å². The highest BCUT2D eigenvalue weighted by molar-refractivity contribution is 5.43. The number of rotatable bonds is 13. The molecular formula is C21H34N4O2. The lowest BCUT2D eigenvalue weighted by atomic mass is 10.1. The zero-order valence-corrected chi connectivity index (χ0v) is 17.1. The fourth-order valence-electron chi connectivity index (χ4n) is 2.99. The molecule has 0 spiro atoms. The smallest absolute Gasteiger partial charge is 0.161 e. The first-order valence-electron chi connectivity index (χ1n) is 9.85. The minimum absolute atomic E-state index is 0.562. The second kappa shape index (κ2) is 11.6. The van der Waals surface area contributed by atoms with Gasteiger partial charge in [0.1, 0.15) is 6.61 Å². The summed E-state index contributed by atoms with van der Waals surface area (Å²) < 4.78 is 13.7. The van der Waals surface area contributed by atoms with Crippen molar-refractivity contribution in [3.63, 3.8) is 0 Å². The normalized spacial score (nSPS) is 12.3. The highest BCUT2D eigenvalue weighted by Crippen LogP contribution is 2.28. The molecular weight excluding hydrogens is 340 g/mol. The number of imidazole rings is 1. The zero-order chi connectivity index (χ0) is 19.5. The van der Waals surface area contributed by atoms with Gasteiger partial charge in [0.15, 0.2) is 11.5 Å². The quantitative estimate of drug-likeness (QED) is 0.584. The van der Waals surface area contributed by atoms with Gasteiger partial charge in [-0.05, 0) is 45.1 Å². The maximum absolute atomic E-state index is 5.92. The molecule has 27 heavy (non-hydrogen) atoms. The van der Waals surface area contributed by atoms with Crippen molar-refractivity contribution < 1.29 is 9.47 Å². The molecule has 2 aromatic rings. The first kappa shape index (κ1) is 21.3. The average molecular weight is 375 g/mol. The average Bonchev–Trinajstić information content (AvgIpc) is 3.16. The summed E-state index contributed by atoms with van der Waals surface area (Å²) >= 11 is 0. The van der Waals surface area contributed by atoms with Crippen LogP contribution >= 0.6 is 0 Å². The van der Waals surface area contributed by atoms with E-state index in [1.807, 2.05) is 23.8 Å². The van der Waals surface area contributed by atoms with E-state index in [0.29, 0.717) is 19.3 Å². The SMILES string of the molecule is CCCC(CNCc1ccc(OCCn2ccnc2)c(OCC)c1)N(C)C. The number of benzene rings is 1. The highest BCUT2D eigenvalue weighted by Gasteiger charge is 2.11. The summed E-state index contributed by atoms with van der Waals surface area (Å²) in [5.41, 5.74) is 1.20. The molecule has 6 heteroatoms. The summed E-state index contributed by atoms with van der Waals surface area (Å²) in [6, 6.07) is 6.75. The fraction of sp³-hybridized carbons (Fsp3) is 0.571. The molecule has 1 atom stereocenters. The minimum atomic E-state index is 0.562. The van der Waals surface area contributed by atoms with E-state index < -0.39 is 0 Å². The van der Waals surface area contributed by atoms with Crippen LogP contribution in [0, 0.1) is 0 Å². The monoisotopic (exact) mass is 374 g/mol. The number of aromatic nitrogens is 2. The van der Waals surface area contributed by atoms with Crippen LogP contribution in [0.3, 0.4) is 0 Å². The maximum Gasteiger partial charge on any atom is 0.161 e. The molecule has 1 aromatic carbocycles. The number of likely N-dealkylation sites (N-methyl/N-ethyl adjacent to an activating group) is 1. The van der Waals surface area contributed by atoms with Crippen molar-refractivity contribution in [2.45, 2.75) is 45.8 Å². The molecule has 6 nitrogen and oxygen atoms in total. The molecule has 1 N–H and O–H groups in total. The van der Waals surface area contributed by atoms with E-state index >= 15 is 0 Å². The van der Waals surface area contributed by atoms with Gasteiger partial charge >= 0.3 is 0 Å². The van der Waals surface area contributed by atoms with Crippen molar-refractivity contribution in [3.8, 4) is 11.5 Å². The topological polar surface area (TPSA) is 51.6 Å². The van der Waals surface area contributed by atoms with Crippen LogP contribution in [0.25, 0.3) is 0 Å². The zero-order valence-electron chi connectivity index (χ0n) is 17.1. The number of hydrogen-bond acceptors (Lipinski definition) is 5. The van der Waals surface area contributed by atoms with Gasteiger partial charge < -0.3 is 24.3 Å². The van der Waals surface area contributed by atoms with Crippen molar-refractivity contribution in [1.29, 1.82) is 0 Å². The van der Waals surface area contributed by atoms with Gasteiger partial charge in [-0.3, -0.25) is 0 Å². The summed E-state index contributed by atoms with van der Waals surface area (Å²) in [6.45, 7) is 7.99.